The van der Waals surface area contributed by atoms with Crippen molar-refractivity contribution in [3.63, 3.8) is 0 Å². The molecule has 0 unspecified atom stereocenters. The number of fused-ring (bicyclic) bond motifs is 1. The molecule has 1 aliphatic heterocycles. The standard InChI is InChI=1S/C22H13Cl2F2N3O3S/c23-14-3-5-16(24)19(10-14)33(31,32)29-18-7-6-17(25)15(21(18)26)4-1-12-9-13-2-8-20(30)28-22(13)27-11-12/h3,5-7,9-11,29H,2,8H2,(H,27,28,30). The Morgan fingerprint density at radius 3 is 2.64 bits per heavy atom. The number of aryl methyl sites for hydroxylation is 1. The molecule has 0 saturated carbocycles. The second kappa shape index (κ2) is 8.98. The summed E-state index contributed by atoms with van der Waals surface area (Å²) < 4.78 is 56.7. The van der Waals surface area contributed by atoms with Gasteiger partial charge in [0.1, 0.15) is 16.5 Å². The van der Waals surface area contributed by atoms with E-state index in [4.69, 9.17) is 23.2 Å². The molecule has 1 aliphatic rings. The molecular weight excluding hydrogens is 495 g/mol. The van der Waals surface area contributed by atoms with E-state index in [1.54, 1.807) is 6.07 Å². The molecule has 11 heteroatoms. The van der Waals surface area contributed by atoms with Crippen molar-refractivity contribution in [2.75, 3.05) is 10.0 Å². The van der Waals surface area contributed by atoms with Crippen molar-refractivity contribution in [3.8, 4) is 11.8 Å². The molecule has 2 N–H and O–H groups in total. The van der Waals surface area contributed by atoms with Gasteiger partial charge in [0.2, 0.25) is 5.91 Å². The number of carbonyl (C=O) groups excluding carboxylic acids is 1. The maximum atomic E-state index is 15.0. The Bertz CT molecular complexity index is 1470. The number of aromatic nitrogens is 1. The molecule has 0 fully saturated rings. The summed E-state index contributed by atoms with van der Waals surface area (Å²) in [7, 11) is -4.32. The third kappa shape index (κ3) is 4.93. The SMILES string of the molecule is O=C1CCc2cc(C#Cc3c(F)ccc(NS(=O)(=O)c4cc(Cl)ccc4Cl)c3F)cnc2N1. The summed E-state index contributed by atoms with van der Waals surface area (Å²) in [5, 5.41) is 2.62. The summed E-state index contributed by atoms with van der Waals surface area (Å²) in [5.74, 6) is 3.13. The first-order valence-corrected chi connectivity index (χ1v) is 11.6. The van der Waals surface area contributed by atoms with E-state index < -0.39 is 32.9 Å². The van der Waals surface area contributed by atoms with E-state index >= 15 is 0 Å². The molecule has 0 spiro atoms. The van der Waals surface area contributed by atoms with E-state index in [1.807, 2.05) is 4.72 Å². The van der Waals surface area contributed by atoms with Crippen LogP contribution in [0.25, 0.3) is 0 Å². The van der Waals surface area contributed by atoms with Gasteiger partial charge >= 0.3 is 0 Å². The monoisotopic (exact) mass is 507 g/mol. The van der Waals surface area contributed by atoms with Crippen molar-refractivity contribution in [1.29, 1.82) is 0 Å². The van der Waals surface area contributed by atoms with E-state index in [0.29, 0.717) is 24.2 Å². The maximum absolute atomic E-state index is 15.0. The molecule has 3 aromatic rings. The van der Waals surface area contributed by atoms with Crippen LogP contribution >= 0.6 is 23.2 Å². The van der Waals surface area contributed by atoms with Gasteiger partial charge in [0.15, 0.2) is 5.82 Å². The highest BCUT2D eigenvalue weighted by molar-refractivity contribution is 7.92. The van der Waals surface area contributed by atoms with Gasteiger partial charge in [-0.3, -0.25) is 9.52 Å². The van der Waals surface area contributed by atoms with Gasteiger partial charge in [-0.1, -0.05) is 35.0 Å². The fourth-order valence-electron chi connectivity index (χ4n) is 3.09. The first-order valence-electron chi connectivity index (χ1n) is 9.41. The van der Waals surface area contributed by atoms with Gasteiger partial charge in [0, 0.05) is 23.2 Å². The minimum Gasteiger partial charge on any atom is -0.310 e. The highest BCUT2D eigenvalue weighted by atomic mass is 35.5. The number of amides is 1. The average molecular weight is 508 g/mol. The van der Waals surface area contributed by atoms with Crippen LogP contribution in [-0.4, -0.2) is 19.3 Å². The molecule has 1 aromatic heterocycles. The van der Waals surface area contributed by atoms with Crippen molar-refractivity contribution in [3.05, 3.63) is 81.0 Å². The topological polar surface area (TPSA) is 88.2 Å². The highest BCUT2D eigenvalue weighted by Gasteiger charge is 2.22. The van der Waals surface area contributed by atoms with Crippen molar-refractivity contribution >= 4 is 50.6 Å². The molecule has 168 valence electrons. The zero-order valence-electron chi connectivity index (χ0n) is 16.5. The van der Waals surface area contributed by atoms with Crippen molar-refractivity contribution in [2.24, 2.45) is 0 Å². The minimum absolute atomic E-state index is 0.115. The van der Waals surface area contributed by atoms with Crippen LogP contribution in [0.3, 0.4) is 0 Å². The quantitative estimate of drug-likeness (QED) is 0.500. The summed E-state index contributed by atoms with van der Waals surface area (Å²) in [6, 6.07) is 7.30. The fraction of sp³-hybridized carbons (Fsp3) is 0.0909. The summed E-state index contributed by atoms with van der Waals surface area (Å²) >= 11 is 11.8. The van der Waals surface area contributed by atoms with Gasteiger partial charge in [-0.15, -0.1) is 0 Å². The van der Waals surface area contributed by atoms with Gasteiger partial charge < -0.3 is 5.32 Å². The number of carbonyl (C=O) groups is 1. The van der Waals surface area contributed by atoms with Crippen molar-refractivity contribution < 1.29 is 22.0 Å². The number of nitrogens with one attached hydrogen (secondary N) is 2. The van der Waals surface area contributed by atoms with Gasteiger partial charge in [-0.2, -0.15) is 0 Å². The zero-order chi connectivity index (χ0) is 23.8. The lowest BCUT2D eigenvalue weighted by molar-refractivity contribution is -0.116. The molecule has 1 amide bonds. The van der Waals surface area contributed by atoms with Gasteiger partial charge in [-0.25, -0.2) is 22.2 Å². The van der Waals surface area contributed by atoms with Crippen LogP contribution in [0.2, 0.25) is 10.0 Å². The third-order valence-corrected chi connectivity index (χ3v) is 6.78. The Kier molecular flexibility index (Phi) is 6.26. The predicted octanol–water partition coefficient (Wildman–Crippen LogP) is 4.75. The summed E-state index contributed by atoms with van der Waals surface area (Å²) in [6.45, 7) is 0. The molecule has 0 radical (unpaired) electrons. The van der Waals surface area contributed by atoms with E-state index in [-0.39, 0.29) is 20.8 Å². The van der Waals surface area contributed by atoms with E-state index in [1.165, 1.54) is 18.3 Å². The average Bonchev–Trinajstić information content (AvgIpc) is 2.77. The number of hydrogen-bond acceptors (Lipinski definition) is 4. The van der Waals surface area contributed by atoms with Crippen molar-refractivity contribution in [2.45, 2.75) is 17.7 Å². The van der Waals surface area contributed by atoms with Crippen molar-refractivity contribution in [1.82, 2.24) is 4.98 Å². The summed E-state index contributed by atoms with van der Waals surface area (Å²) in [4.78, 5) is 15.2. The lowest BCUT2D eigenvalue weighted by atomic mass is 10.0. The first-order chi connectivity index (χ1) is 15.6. The zero-order valence-corrected chi connectivity index (χ0v) is 18.9. The van der Waals surface area contributed by atoms with Crippen LogP contribution in [0.1, 0.15) is 23.1 Å². The molecule has 0 saturated heterocycles. The summed E-state index contributed by atoms with van der Waals surface area (Å²) in [5.41, 5.74) is -0.0101. The minimum atomic E-state index is -4.32. The second-order valence-electron chi connectivity index (χ2n) is 6.99. The Morgan fingerprint density at radius 2 is 1.85 bits per heavy atom. The highest BCUT2D eigenvalue weighted by Crippen LogP contribution is 2.29. The molecule has 0 bridgehead atoms. The van der Waals surface area contributed by atoms with E-state index in [9.17, 15) is 22.0 Å². The first kappa shape index (κ1) is 23.0. The number of rotatable bonds is 3. The molecule has 2 heterocycles. The van der Waals surface area contributed by atoms with Gasteiger partial charge in [0.25, 0.3) is 10.0 Å². The molecule has 0 aliphatic carbocycles. The normalized spacial score (nSPS) is 12.9. The van der Waals surface area contributed by atoms with Gasteiger partial charge in [-0.05, 0) is 48.4 Å². The van der Waals surface area contributed by atoms with Crippen LogP contribution in [0.4, 0.5) is 20.3 Å². The smallest absolute Gasteiger partial charge is 0.263 e. The fourth-order valence-corrected chi connectivity index (χ4v) is 4.91. The predicted molar refractivity (Wildman–Crippen MR) is 121 cm³/mol. The number of benzene rings is 2. The van der Waals surface area contributed by atoms with Crippen LogP contribution in [0.5, 0.6) is 0 Å². The Balaban J connectivity index is 1.66. The third-order valence-electron chi connectivity index (χ3n) is 4.70. The molecule has 6 nitrogen and oxygen atoms in total. The molecule has 4 rings (SSSR count). The number of halogens is 4. The second-order valence-corrected chi connectivity index (χ2v) is 9.49. The Hall–Kier alpha value is -3.19. The van der Waals surface area contributed by atoms with Crippen LogP contribution in [-0.2, 0) is 21.2 Å². The van der Waals surface area contributed by atoms with Crippen LogP contribution in [0, 0.1) is 23.5 Å². The number of nitrogens with zero attached hydrogens (tertiary/aromatic N) is 1. The lowest BCUT2D eigenvalue weighted by Gasteiger charge is -2.15. The number of pyridine rings is 1. The number of anilines is 2. The number of sulfonamides is 1. The number of hydrogen-bond donors (Lipinski definition) is 2. The Morgan fingerprint density at radius 1 is 1.06 bits per heavy atom. The molecule has 2 aromatic carbocycles. The maximum Gasteiger partial charge on any atom is 0.263 e. The van der Waals surface area contributed by atoms with Crippen LogP contribution < -0.4 is 10.0 Å². The van der Waals surface area contributed by atoms with Crippen LogP contribution in [0.15, 0.2) is 47.5 Å². The van der Waals surface area contributed by atoms with Gasteiger partial charge in [0.05, 0.1) is 16.3 Å². The molecular formula is C22H13Cl2F2N3O3S. The van der Waals surface area contributed by atoms with E-state index in [2.05, 4.69) is 22.1 Å². The van der Waals surface area contributed by atoms with E-state index in [0.717, 1.165) is 23.8 Å². The lowest BCUT2D eigenvalue weighted by Crippen LogP contribution is -2.20. The Labute approximate surface area is 198 Å². The molecule has 0 atom stereocenters. The molecule has 33 heavy (non-hydrogen) atoms. The largest absolute Gasteiger partial charge is 0.310 e. The summed E-state index contributed by atoms with van der Waals surface area (Å²) in [6.07, 6.45) is 2.13.